The molecule has 2 aromatic carbocycles. The third-order valence-electron chi connectivity index (χ3n) is 7.36. The van der Waals surface area contributed by atoms with Crippen LogP contribution in [-0.2, 0) is 14.3 Å². The number of fused-ring (bicyclic) bond motifs is 3. The molecule has 3 unspecified atom stereocenters. The highest BCUT2D eigenvalue weighted by atomic mass is 16.5. The van der Waals surface area contributed by atoms with Crippen molar-refractivity contribution in [1.82, 2.24) is 10.2 Å². The Balaban J connectivity index is 1.26. The fourth-order valence-corrected chi connectivity index (χ4v) is 5.47. The molecule has 4 rings (SSSR count). The summed E-state index contributed by atoms with van der Waals surface area (Å²) in [5, 5.41) is 12.0. The number of carboxylic acid groups (broad SMARTS) is 1. The fraction of sp³-hybridized carbons (Fsp3) is 0.464. The number of carboxylic acids is 1. The molecule has 0 radical (unpaired) electrons. The van der Waals surface area contributed by atoms with Crippen molar-refractivity contribution in [2.75, 3.05) is 26.7 Å². The maximum absolute atomic E-state index is 12.8. The summed E-state index contributed by atoms with van der Waals surface area (Å²) in [6, 6.07) is 16.5. The first kappa shape index (κ1) is 24.8. The number of rotatable bonds is 8. The fourth-order valence-electron chi connectivity index (χ4n) is 5.47. The van der Waals surface area contributed by atoms with Crippen LogP contribution in [0.3, 0.4) is 0 Å². The van der Waals surface area contributed by atoms with E-state index in [9.17, 15) is 14.4 Å². The van der Waals surface area contributed by atoms with Gasteiger partial charge in [-0.05, 0) is 47.4 Å². The SMILES string of the molecule is CC(CN(C)C(=O)C1CCCC(CNC(=O)OCC2c3ccccc3-c3ccccc32)C1)C(=O)O. The van der Waals surface area contributed by atoms with Gasteiger partial charge in [0.15, 0.2) is 0 Å². The number of amides is 2. The number of alkyl carbamates (subject to hydrolysis) is 1. The first-order valence-corrected chi connectivity index (χ1v) is 12.4. The van der Waals surface area contributed by atoms with Gasteiger partial charge in [0.2, 0.25) is 5.91 Å². The van der Waals surface area contributed by atoms with E-state index in [2.05, 4.69) is 29.6 Å². The zero-order valence-electron chi connectivity index (χ0n) is 20.4. The van der Waals surface area contributed by atoms with Crippen LogP contribution >= 0.6 is 0 Å². The molecule has 0 aromatic heterocycles. The van der Waals surface area contributed by atoms with Gasteiger partial charge in [-0.25, -0.2) is 4.79 Å². The van der Waals surface area contributed by atoms with Crippen molar-refractivity contribution in [3.05, 3.63) is 59.7 Å². The van der Waals surface area contributed by atoms with Crippen molar-refractivity contribution in [3.63, 3.8) is 0 Å². The van der Waals surface area contributed by atoms with E-state index >= 15 is 0 Å². The lowest BCUT2D eigenvalue weighted by molar-refractivity contribution is -0.143. The number of nitrogens with zero attached hydrogens (tertiary/aromatic N) is 1. The average Bonchev–Trinajstić information content (AvgIpc) is 3.19. The Morgan fingerprint density at radius 1 is 1.06 bits per heavy atom. The highest BCUT2D eigenvalue weighted by molar-refractivity contribution is 5.80. The second kappa shape index (κ2) is 10.9. The molecule has 0 bridgehead atoms. The molecule has 7 nitrogen and oxygen atoms in total. The highest BCUT2D eigenvalue weighted by Gasteiger charge is 2.31. The summed E-state index contributed by atoms with van der Waals surface area (Å²) < 4.78 is 5.63. The van der Waals surface area contributed by atoms with Gasteiger partial charge in [0.1, 0.15) is 6.61 Å². The van der Waals surface area contributed by atoms with Gasteiger partial charge in [-0.2, -0.15) is 0 Å². The van der Waals surface area contributed by atoms with Gasteiger partial charge in [-0.3, -0.25) is 9.59 Å². The minimum atomic E-state index is -0.904. The Kier molecular flexibility index (Phi) is 7.73. The molecule has 186 valence electrons. The lowest BCUT2D eigenvalue weighted by Gasteiger charge is -2.31. The standard InChI is InChI=1S/C28H34N2O5/c1-18(27(32)33)16-30(2)26(31)20-9-7-8-19(14-20)15-29-28(34)35-17-25-23-12-5-3-10-21(23)22-11-4-6-13-24(22)25/h3-6,10-13,18-20,25H,7-9,14-17H2,1-2H3,(H,29,34)(H,32,33). The quantitative estimate of drug-likeness (QED) is 0.582. The van der Waals surface area contributed by atoms with Crippen LogP contribution in [0.15, 0.2) is 48.5 Å². The van der Waals surface area contributed by atoms with E-state index in [0.29, 0.717) is 13.0 Å². The summed E-state index contributed by atoms with van der Waals surface area (Å²) in [6.45, 7) is 2.55. The predicted molar refractivity (Wildman–Crippen MR) is 133 cm³/mol. The number of ether oxygens (including phenoxy) is 1. The maximum Gasteiger partial charge on any atom is 0.407 e. The monoisotopic (exact) mass is 478 g/mol. The Hall–Kier alpha value is -3.35. The van der Waals surface area contributed by atoms with Gasteiger partial charge in [0, 0.05) is 32.0 Å². The summed E-state index contributed by atoms with van der Waals surface area (Å²) in [6.07, 6.45) is 2.91. The van der Waals surface area contributed by atoms with Crippen LogP contribution in [0, 0.1) is 17.8 Å². The van der Waals surface area contributed by atoms with E-state index in [1.165, 1.54) is 27.2 Å². The Labute approximate surface area is 206 Å². The molecule has 0 spiro atoms. The molecule has 0 heterocycles. The number of benzene rings is 2. The van der Waals surface area contributed by atoms with Gasteiger partial charge < -0.3 is 20.1 Å². The van der Waals surface area contributed by atoms with Crippen molar-refractivity contribution in [3.8, 4) is 11.1 Å². The number of nitrogens with one attached hydrogen (secondary N) is 1. The summed E-state index contributed by atoms with van der Waals surface area (Å²) in [5.74, 6) is -1.43. The Bertz CT molecular complexity index is 1040. The number of hydrogen-bond acceptors (Lipinski definition) is 4. The molecule has 1 saturated carbocycles. The molecule has 1 fully saturated rings. The Morgan fingerprint density at radius 3 is 2.31 bits per heavy atom. The zero-order chi connectivity index (χ0) is 24.9. The molecule has 2 amide bonds. The lowest BCUT2D eigenvalue weighted by Crippen LogP contribution is -2.40. The molecule has 7 heteroatoms. The van der Waals surface area contributed by atoms with Crippen molar-refractivity contribution in [2.45, 2.75) is 38.5 Å². The van der Waals surface area contributed by atoms with Gasteiger partial charge >= 0.3 is 12.1 Å². The second-order valence-corrected chi connectivity index (χ2v) is 9.89. The summed E-state index contributed by atoms with van der Waals surface area (Å²) in [4.78, 5) is 38.0. The van der Waals surface area contributed by atoms with Crippen LogP contribution in [0.2, 0.25) is 0 Å². The van der Waals surface area contributed by atoms with E-state index in [0.717, 1.165) is 19.3 Å². The zero-order valence-corrected chi connectivity index (χ0v) is 20.4. The summed E-state index contributed by atoms with van der Waals surface area (Å²) in [5.41, 5.74) is 4.74. The normalized spacial score (nSPS) is 19.8. The van der Waals surface area contributed by atoms with Crippen LogP contribution in [0.1, 0.15) is 49.7 Å². The largest absolute Gasteiger partial charge is 0.481 e. The first-order valence-electron chi connectivity index (χ1n) is 12.4. The highest BCUT2D eigenvalue weighted by Crippen LogP contribution is 2.44. The van der Waals surface area contributed by atoms with Gasteiger partial charge in [-0.15, -0.1) is 0 Å². The van der Waals surface area contributed by atoms with Crippen LogP contribution in [-0.4, -0.2) is 54.7 Å². The van der Waals surface area contributed by atoms with Gasteiger partial charge in [0.25, 0.3) is 0 Å². The molecular weight excluding hydrogens is 444 g/mol. The van der Waals surface area contributed by atoms with E-state index < -0.39 is 18.0 Å². The van der Waals surface area contributed by atoms with Crippen LogP contribution in [0.25, 0.3) is 11.1 Å². The van der Waals surface area contributed by atoms with E-state index in [-0.39, 0.29) is 36.8 Å². The molecule has 0 saturated heterocycles. The molecule has 2 aliphatic rings. The van der Waals surface area contributed by atoms with Gasteiger partial charge in [-0.1, -0.05) is 61.9 Å². The summed E-state index contributed by atoms with van der Waals surface area (Å²) >= 11 is 0. The first-order chi connectivity index (χ1) is 16.8. The van der Waals surface area contributed by atoms with Crippen LogP contribution in [0.5, 0.6) is 0 Å². The number of carbonyl (C=O) groups excluding carboxylic acids is 2. The number of carbonyl (C=O) groups is 3. The van der Waals surface area contributed by atoms with Crippen molar-refractivity contribution < 1.29 is 24.2 Å². The predicted octanol–water partition coefficient (Wildman–Crippen LogP) is 4.51. The molecule has 2 aliphatic carbocycles. The smallest absolute Gasteiger partial charge is 0.407 e. The van der Waals surface area contributed by atoms with Crippen LogP contribution < -0.4 is 5.32 Å². The average molecular weight is 479 g/mol. The van der Waals surface area contributed by atoms with E-state index in [4.69, 9.17) is 9.84 Å². The third kappa shape index (κ3) is 5.66. The third-order valence-corrected chi connectivity index (χ3v) is 7.36. The van der Waals surface area contributed by atoms with Crippen molar-refractivity contribution in [2.24, 2.45) is 17.8 Å². The van der Waals surface area contributed by atoms with E-state index in [1.54, 1.807) is 14.0 Å². The molecule has 0 aliphatic heterocycles. The molecule has 35 heavy (non-hydrogen) atoms. The van der Waals surface area contributed by atoms with E-state index in [1.807, 2.05) is 24.3 Å². The van der Waals surface area contributed by atoms with Gasteiger partial charge in [0.05, 0.1) is 5.92 Å². The number of hydrogen-bond donors (Lipinski definition) is 2. The topological polar surface area (TPSA) is 95.9 Å². The summed E-state index contributed by atoms with van der Waals surface area (Å²) in [7, 11) is 1.67. The maximum atomic E-state index is 12.8. The lowest BCUT2D eigenvalue weighted by atomic mass is 9.80. The molecule has 2 aromatic rings. The van der Waals surface area contributed by atoms with Crippen molar-refractivity contribution >= 4 is 18.0 Å². The molecular formula is C28H34N2O5. The Morgan fingerprint density at radius 2 is 1.69 bits per heavy atom. The second-order valence-electron chi connectivity index (χ2n) is 9.89. The van der Waals surface area contributed by atoms with Crippen molar-refractivity contribution in [1.29, 1.82) is 0 Å². The van der Waals surface area contributed by atoms with Crippen LogP contribution in [0.4, 0.5) is 4.79 Å². The minimum absolute atomic E-state index is 0.0102. The minimum Gasteiger partial charge on any atom is -0.481 e. The number of aliphatic carboxylic acids is 1. The molecule has 2 N–H and O–H groups in total. The molecule has 3 atom stereocenters.